The molecule has 1 unspecified atom stereocenters. The van der Waals surface area contributed by atoms with Gasteiger partial charge in [-0.3, -0.25) is 4.68 Å². The highest BCUT2D eigenvalue weighted by Crippen LogP contribution is 2.27. The SMILES string of the molecule is CNC(C)Cc1cccc2nn(C)c(Br)c12. The summed E-state index contributed by atoms with van der Waals surface area (Å²) >= 11 is 3.59. The number of benzene rings is 1. The fourth-order valence-electron chi connectivity index (χ4n) is 1.88. The van der Waals surface area contributed by atoms with Crippen LogP contribution in [0.5, 0.6) is 0 Å². The molecule has 0 spiro atoms. The van der Waals surface area contributed by atoms with Crippen LogP contribution in [0.3, 0.4) is 0 Å². The summed E-state index contributed by atoms with van der Waals surface area (Å²) in [6, 6.07) is 6.76. The molecule has 0 aliphatic rings. The Hall–Kier alpha value is -0.870. The Balaban J connectivity index is 2.52. The third kappa shape index (κ3) is 1.99. The van der Waals surface area contributed by atoms with Crippen molar-refractivity contribution in [3.63, 3.8) is 0 Å². The Morgan fingerprint density at radius 2 is 2.25 bits per heavy atom. The summed E-state index contributed by atoms with van der Waals surface area (Å²) < 4.78 is 2.93. The number of halogens is 1. The molecule has 0 aliphatic carbocycles. The molecule has 0 saturated heterocycles. The van der Waals surface area contributed by atoms with Gasteiger partial charge in [-0.15, -0.1) is 0 Å². The molecule has 0 amide bonds. The summed E-state index contributed by atoms with van der Waals surface area (Å²) in [5.41, 5.74) is 2.38. The van der Waals surface area contributed by atoms with Crippen LogP contribution in [0.25, 0.3) is 10.9 Å². The van der Waals surface area contributed by atoms with E-state index in [1.54, 1.807) is 0 Å². The second-order valence-electron chi connectivity index (χ2n) is 4.12. The highest BCUT2D eigenvalue weighted by atomic mass is 79.9. The van der Waals surface area contributed by atoms with Gasteiger partial charge in [0.25, 0.3) is 0 Å². The summed E-state index contributed by atoms with van der Waals surface area (Å²) in [5.74, 6) is 0. The summed E-state index contributed by atoms with van der Waals surface area (Å²) in [4.78, 5) is 0. The number of aromatic nitrogens is 2. The van der Waals surface area contributed by atoms with E-state index in [2.05, 4.69) is 45.4 Å². The van der Waals surface area contributed by atoms with Gasteiger partial charge in [-0.05, 0) is 48.0 Å². The van der Waals surface area contributed by atoms with Crippen LogP contribution >= 0.6 is 15.9 Å². The number of fused-ring (bicyclic) bond motifs is 1. The summed E-state index contributed by atoms with van der Waals surface area (Å²) in [6.45, 7) is 2.18. The van der Waals surface area contributed by atoms with Crippen LogP contribution in [0.1, 0.15) is 12.5 Å². The monoisotopic (exact) mass is 281 g/mol. The standard InChI is InChI=1S/C12H16BrN3/c1-8(14-2)7-9-5-4-6-10-11(9)12(13)16(3)15-10/h4-6,8,14H,7H2,1-3H3. The molecule has 0 saturated carbocycles. The molecule has 3 nitrogen and oxygen atoms in total. The minimum Gasteiger partial charge on any atom is -0.317 e. The first kappa shape index (κ1) is 11.6. The van der Waals surface area contributed by atoms with Gasteiger partial charge < -0.3 is 5.32 Å². The molecule has 0 aliphatic heterocycles. The third-order valence-electron chi connectivity index (χ3n) is 2.90. The van der Waals surface area contributed by atoms with E-state index in [1.807, 2.05) is 24.8 Å². The van der Waals surface area contributed by atoms with Crippen LogP contribution in [0.15, 0.2) is 22.8 Å². The fraction of sp³-hybridized carbons (Fsp3) is 0.417. The molecule has 1 aromatic heterocycles. The van der Waals surface area contributed by atoms with Crippen LogP contribution in [0, 0.1) is 0 Å². The van der Waals surface area contributed by atoms with Crippen molar-refractivity contribution in [2.24, 2.45) is 7.05 Å². The number of hydrogen-bond donors (Lipinski definition) is 1. The largest absolute Gasteiger partial charge is 0.317 e. The van der Waals surface area contributed by atoms with Crippen LogP contribution in [-0.2, 0) is 13.5 Å². The van der Waals surface area contributed by atoms with E-state index < -0.39 is 0 Å². The lowest BCUT2D eigenvalue weighted by Gasteiger charge is -2.10. The lowest BCUT2D eigenvalue weighted by molar-refractivity contribution is 0.610. The predicted octanol–water partition coefficient (Wildman–Crippen LogP) is 2.49. The number of hydrogen-bond acceptors (Lipinski definition) is 2. The number of nitrogens with one attached hydrogen (secondary N) is 1. The Bertz CT molecular complexity index is 504. The van der Waals surface area contributed by atoms with E-state index in [4.69, 9.17) is 0 Å². The minimum atomic E-state index is 0.470. The second-order valence-corrected chi connectivity index (χ2v) is 4.87. The van der Waals surface area contributed by atoms with E-state index in [0.717, 1.165) is 16.5 Å². The van der Waals surface area contributed by atoms with E-state index in [9.17, 15) is 0 Å². The van der Waals surface area contributed by atoms with Crippen molar-refractivity contribution in [1.29, 1.82) is 0 Å². The third-order valence-corrected chi connectivity index (χ3v) is 3.81. The molecule has 2 aromatic rings. The Morgan fingerprint density at radius 1 is 1.50 bits per heavy atom. The predicted molar refractivity (Wildman–Crippen MR) is 70.6 cm³/mol. The lowest BCUT2D eigenvalue weighted by atomic mass is 10.0. The number of aryl methyl sites for hydroxylation is 1. The van der Waals surface area contributed by atoms with Crippen molar-refractivity contribution >= 4 is 26.8 Å². The fourth-order valence-corrected chi connectivity index (χ4v) is 2.41. The van der Waals surface area contributed by atoms with Crippen molar-refractivity contribution in [3.8, 4) is 0 Å². The normalized spacial score (nSPS) is 13.2. The molecule has 1 aromatic carbocycles. The molecule has 86 valence electrons. The van der Waals surface area contributed by atoms with Gasteiger partial charge in [-0.25, -0.2) is 0 Å². The zero-order chi connectivity index (χ0) is 11.7. The van der Waals surface area contributed by atoms with Gasteiger partial charge >= 0.3 is 0 Å². The highest BCUT2D eigenvalue weighted by molar-refractivity contribution is 9.10. The number of rotatable bonds is 3. The minimum absolute atomic E-state index is 0.470. The molecular formula is C12H16BrN3. The van der Waals surface area contributed by atoms with Crippen molar-refractivity contribution in [3.05, 3.63) is 28.4 Å². The summed E-state index contributed by atoms with van der Waals surface area (Å²) in [7, 11) is 3.94. The lowest BCUT2D eigenvalue weighted by Crippen LogP contribution is -2.23. The molecule has 16 heavy (non-hydrogen) atoms. The maximum Gasteiger partial charge on any atom is 0.111 e. The molecule has 0 bridgehead atoms. The Kier molecular flexibility index (Phi) is 3.30. The van der Waals surface area contributed by atoms with Crippen LogP contribution in [-0.4, -0.2) is 22.9 Å². The molecule has 0 radical (unpaired) electrons. The van der Waals surface area contributed by atoms with Crippen molar-refractivity contribution < 1.29 is 0 Å². The van der Waals surface area contributed by atoms with Gasteiger partial charge in [0, 0.05) is 18.5 Å². The van der Waals surface area contributed by atoms with Gasteiger partial charge in [0.15, 0.2) is 0 Å². The molecule has 1 heterocycles. The van der Waals surface area contributed by atoms with Gasteiger partial charge in [0.1, 0.15) is 4.60 Å². The maximum absolute atomic E-state index is 4.46. The van der Waals surface area contributed by atoms with Crippen molar-refractivity contribution in [2.45, 2.75) is 19.4 Å². The number of likely N-dealkylation sites (N-methyl/N-ethyl adjacent to an activating group) is 1. The number of nitrogens with zero attached hydrogens (tertiary/aromatic N) is 2. The molecule has 0 fully saturated rings. The topological polar surface area (TPSA) is 29.9 Å². The van der Waals surface area contributed by atoms with Gasteiger partial charge in [-0.2, -0.15) is 5.10 Å². The van der Waals surface area contributed by atoms with Crippen LogP contribution < -0.4 is 5.32 Å². The zero-order valence-corrected chi connectivity index (χ0v) is 11.4. The first-order valence-corrected chi connectivity index (χ1v) is 6.20. The molecular weight excluding hydrogens is 266 g/mol. The highest BCUT2D eigenvalue weighted by Gasteiger charge is 2.11. The van der Waals surface area contributed by atoms with Gasteiger partial charge in [0.05, 0.1) is 5.52 Å². The average molecular weight is 282 g/mol. The maximum atomic E-state index is 4.46. The van der Waals surface area contributed by atoms with Gasteiger partial charge in [0.2, 0.25) is 0 Å². The molecule has 1 N–H and O–H groups in total. The Labute approximate surface area is 104 Å². The van der Waals surface area contributed by atoms with Gasteiger partial charge in [-0.1, -0.05) is 12.1 Å². The molecule has 2 rings (SSSR count). The average Bonchev–Trinajstić information content (AvgIpc) is 2.56. The van der Waals surface area contributed by atoms with Crippen molar-refractivity contribution in [1.82, 2.24) is 15.1 Å². The van der Waals surface area contributed by atoms with Crippen molar-refractivity contribution in [2.75, 3.05) is 7.05 Å². The van der Waals surface area contributed by atoms with E-state index in [0.29, 0.717) is 6.04 Å². The van der Waals surface area contributed by atoms with Crippen LogP contribution in [0.4, 0.5) is 0 Å². The molecule has 1 atom stereocenters. The van der Waals surface area contributed by atoms with E-state index >= 15 is 0 Å². The first-order valence-electron chi connectivity index (χ1n) is 5.41. The summed E-state index contributed by atoms with van der Waals surface area (Å²) in [5, 5.41) is 8.95. The first-order chi connectivity index (χ1) is 7.63. The van der Waals surface area contributed by atoms with Crippen LogP contribution in [0.2, 0.25) is 0 Å². The van der Waals surface area contributed by atoms with E-state index in [-0.39, 0.29) is 0 Å². The molecule has 4 heteroatoms. The summed E-state index contributed by atoms with van der Waals surface area (Å²) in [6.07, 6.45) is 1.01. The quantitative estimate of drug-likeness (QED) is 0.937. The van der Waals surface area contributed by atoms with E-state index in [1.165, 1.54) is 10.9 Å². The Morgan fingerprint density at radius 3 is 2.94 bits per heavy atom. The second kappa shape index (κ2) is 4.55. The zero-order valence-electron chi connectivity index (χ0n) is 9.79. The smallest absolute Gasteiger partial charge is 0.111 e.